The molecular formula is C17H11NO. The molecule has 2 nitrogen and oxygen atoms in total. The summed E-state index contributed by atoms with van der Waals surface area (Å²) < 4.78 is 5.49. The van der Waals surface area contributed by atoms with Crippen molar-refractivity contribution in [1.29, 1.82) is 5.41 Å². The molecule has 3 aromatic carbocycles. The fourth-order valence-corrected chi connectivity index (χ4v) is 2.63. The van der Waals surface area contributed by atoms with Crippen molar-refractivity contribution in [2.75, 3.05) is 0 Å². The summed E-state index contributed by atoms with van der Waals surface area (Å²) in [5, 5.41) is 14.1. The van der Waals surface area contributed by atoms with E-state index in [0.29, 0.717) is 5.36 Å². The zero-order valence-electron chi connectivity index (χ0n) is 10.2. The Balaban J connectivity index is 2.32. The van der Waals surface area contributed by atoms with E-state index in [1.54, 1.807) is 12.3 Å². The second-order valence-electron chi connectivity index (χ2n) is 4.69. The van der Waals surface area contributed by atoms with Crippen LogP contribution in [-0.2, 0) is 0 Å². The summed E-state index contributed by atoms with van der Waals surface area (Å²) in [4.78, 5) is 0. The van der Waals surface area contributed by atoms with Crippen LogP contribution in [-0.4, -0.2) is 0 Å². The lowest BCUT2D eigenvalue weighted by atomic mass is 10.0. The third kappa shape index (κ3) is 1.47. The Bertz CT molecular complexity index is 982. The van der Waals surface area contributed by atoms with E-state index in [2.05, 4.69) is 24.3 Å². The zero-order valence-corrected chi connectivity index (χ0v) is 10.2. The first-order valence-corrected chi connectivity index (χ1v) is 6.20. The maximum absolute atomic E-state index is 8.09. The second kappa shape index (κ2) is 3.69. The SMILES string of the molecule is N=c1ccoc2ccc3cc4ccccc4cc3c12. The fraction of sp³-hybridized carbons (Fsp3) is 0. The van der Waals surface area contributed by atoms with Crippen molar-refractivity contribution in [2.45, 2.75) is 0 Å². The molecule has 1 aromatic heterocycles. The molecule has 0 spiro atoms. The van der Waals surface area contributed by atoms with Gasteiger partial charge in [-0.1, -0.05) is 30.3 Å². The van der Waals surface area contributed by atoms with Gasteiger partial charge in [-0.15, -0.1) is 0 Å². The van der Waals surface area contributed by atoms with Crippen molar-refractivity contribution in [3.8, 4) is 0 Å². The van der Waals surface area contributed by atoms with Crippen LogP contribution in [0.4, 0.5) is 0 Å². The first kappa shape index (κ1) is 10.3. The minimum atomic E-state index is 0.502. The number of nitrogens with one attached hydrogen (secondary N) is 1. The molecule has 0 radical (unpaired) electrons. The van der Waals surface area contributed by atoms with Gasteiger partial charge >= 0.3 is 0 Å². The molecule has 0 bridgehead atoms. The summed E-state index contributed by atoms with van der Waals surface area (Å²) in [6, 6.07) is 18.3. The van der Waals surface area contributed by atoms with E-state index in [1.165, 1.54) is 10.8 Å². The Morgan fingerprint density at radius 1 is 0.789 bits per heavy atom. The van der Waals surface area contributed by atoms with Crippen LogP contribution in [0.25, 0.3) is 32.5 Å². The van der Waals surface area contributed by atoms with Crippen LogP contribution in [0, 0.1) is 5.41 Å². The standard InChI is InChI=1S/C17H11NO/c18-15-7-8-19-16-6-5-13-9-11-3-1-2-4-12(11)10-14(13)17(15)16/h1-10,18H. The Labute approximate surface area is 109 Å². The van der Waals surface area contributed by atoms with Crippen LogP contribution < -0.4 is 5.36 Å². The number of hydrogen-bond donors (Lipinski definition) is 1. The van der Waals surface area contributed by atoms with Gasteiger partial charge in [-0.2, -0.15) is 0 Å². The lowest BCUT2D eigenvalue weighted by Gasteiger charge is -2.05. The van der Waals surface area contributed by atoms with Crippen molar-refractivity contribution in [3.63, 3.8) is 0 Å². The normalized spacial score (nSPS) is 11.4. The molecular weight excluding hydrogens is 234 g/mol. The van der Waals surface area contributed by atoms with Gasteiger partial charge in [0.1, 0.15) is 5.58 Å². The first-order valence-electron chi connectivity index (χ1n) is 6.20. The number of benzene rings is 3. The Hall–Kier alpha value is -2.61. The molecule has 0 saturated heterocycles. The molecule has 0 atom stereocenters. The maximum Gasteiger partial charge on any atom is 0.136 e. The molecule has 2 heteroatoms. The summed E-state index contributed by atoms with van der Waals surface area (Å²) >= 11 is 0. The molecule has 0 aliphatic rings. The molecule has 0 saturated carbocycles. The molecule has 19 heavy (non-hydrogen) atoms. The van der Waals surface area contributed by atoms with Gasteiger partial charge in [-0.3, -0.25) is 5.41 Å². The van der Waals surface area contributed by atoms with E-state index in [4.69, 9.17) is 9.83 Å². The van der Waals surface area contributed by atoms with Crippen molar-refractivity contribution in [2.24, 2.45) is 0 Å². The minimum absolute atomic E-state index is 0.502. The Morgan fingerprint density at radius 3 is 2.42 bits per heavy atom. The van der Waals surface area contributed by atoms with Gasteiger partial charge in [0.2, 0.25) is 0 Å². The Morgan fingerprint density at radius 2 is 1.58 bits per heavy atom. The highest BCUT2D eigenvalue weighted by atomic mass is 16.3. The molecule has 0 fully saturated rings. The van der Waals surface area contributed by atoms with Gasteiger partial charge in [0.15, 0.2) is 0 Å². The average molecular weight is 245 g/mol. The molecule has 0 amide bonds. The largest absolute Gasteiger partial charge is 0.464 e. The zero-order chi connectivity index (χ0) is 12.8. The van der Waals surface area contributed by atoms with E-state index < -0.39 is 0 Å². The Kier molecular flexibility index (Phi) is 2.00. The van der Waals surface area contributed by atoms with Gasteiger partial charge < -0.3 is 4.42 Å². The number of hydrogen-bond acceptors (Lipinski definition) is 2. The molecule has 90 valence electrons. The van der Waals surface area contributed by atoms with Crippen LogP contribution in [0.2, 0.25) is 0 Å². The minimum Gasteiger partial charge on any atom is -0.464 e. The highest BCUT2D eigenvalue weighted by molar-refractivity contribution is 6.10. The van der Waals surface area contributed by atoms with Crippen LogP contribution >= 0.6 is 0 Å². The monoisotopic (exact) mass is 245 g/mol. The third-order valence-corrected chi connectivity index (χ3v) is 3.55. The summed E-state index contributed by atoms with van der Waals surface area (Å²) in [5.41, 5.74) is 0.760. The third-order valence-electron chi connectivity index (χ3n) is 3.55. The van der Waals surface area contributed by atoms with Gasteiger partial charge in [-0.25, -0.2) is 0 Å². The second-order valence-corrected chi connectivity index (χ2v) is 4.69. The quantitative estimate of drug-likeness (QED) is 0.365. The molecule has 1 heterocycles. The van der Waals surface area contributed by atoms with Crippen LogP contribution in [0.1, 0.15) is 0 Å². The van der Waals surface area contributed by atoms with Crippen LogP contribution in [0.3, 0.4) is 0 Å². The van der Waals surface area contributed by atoms with E-state index in [9.17, 15) is 0 Å². The van der Waals surface area contributed by atoms with Gasteiger partial charge in [0.05, 0.1) is 17.0 Å². The van der Waals surface area contributed by atoms with Crippen molar-refractivity contribution < 1.29 is 4.42 Å². The van der Waals surface area contributed by atoms with Gasteiger partial charge in [0.25, 0.3) is 0 Å². The van der Waals surface area contributed by atoms with Gasteiger partial charge in [-0.05, 0) is 45.8 Å². The number of fused-ring (bicyclic) bond motifs is 4. The topological polar surface area (TPSA) is 37.0 Å². The predicted octanol–water partition coefficient (Wildman–Crippen LogP) is 4.22. The fourth-order valence-electron chi connectivity index (χ4n) is 2.63. The maximum atomic E-state index is 8.09. The summed E-state index contributed by atoms with van der Waals surface area (Å²) in [5.74, 6) is 0. The van der Waals surface area contributed by atoms with E-state index >= 15 is 0 Å². The predicted molar refractivity (Wildman–Crippen MR) is 77.1 cm³/mol. The molecule has 0 aliphatic heterocycles. The molecule has 0 aliphatic carbocycles. The highest BCUT2D eigenvalue weighted by Crippen LogP contribution is 2.27. The van der Waals surface area contributed by atoms with Crippen LogP contribution in [0.15, 0.2) is 65.3 Å². The lowest BCUT2D eigenvalue weighted by Crippen LogP contribution is -1.99. The van der Waals surface area contributed by atoms with Crippen molar-refractivity contribution in [1.82, 2.24) is 0 Å². The molecule has 4 aromatic rings. The van der Waals surface area contributed by atoms with E-state index in [-0.39, 0.29) is 0 Å². The van der Waals surface area contributed by atoms with Crippen molar-refractivity contribution in [3.05, 3.63) is 66.2 Å². The average Bonchev–Trinajstić information content (AvgIpc) is 2.45. The van der Waals surface area contributed by atoms with E-state index in [0.717, 1.165) is 21.7 Å². The number of rotatable bonds is 0. The molecule has 0 unspecified atom stereocenters. The first-order chi connectivity index (χ1) is 9.33. The van der Waals surface area contributed by atoms with Gasteiger partial charge in [0, 0.05) is 0 Å². The summed E-state index contributed by atoms with van der Waals surface area (Å²) in [6.07, 6.45) is 1.57. The summed E-state index contributed by atoms with van der Waals surface area (Å²) in [6.45, 7) is 0. The highest BCUT2D eigenvalue weighted by Gasteiger charge is 2.05. The van der Waals surface area contributed by atoms with Crippen molar-refractivity contribution >= 4 is 32.5 Å². The van der Waals surface area contributed by atoms with Crippen LogP contribution in [0.5, 0.6) is 0 Å². The summed E-state index contributed by atoms with van der Waals surface area (Å²) in [7, 11) is 0. The molecule has 1 N–H and O–H groups in total. The van der Waals surface area contributed by atoms with E-state index in [1.807, 2.05) is 24.3 Å². The molecule has 4 rings (SSSR count). The smallest absolute Gasteiger partial charge is 0.136 e. The lowest BCUT2D eigenvalue weighted by molar-refractivity contribution is 0.602.